The first-order chi connectivity index (χ1) is 8.59. The van der Waals surface area contributed by atoms with Gasteiger partial charge in [0, 0.05) is 31.5 Å². The van der Waals surface area contributed by atoms with Crippen LogP contribution in [-0.4, -0.2) is 30.5 Å². The van der Waals surface area contributed by atoms with Crippen LogP contribution in [-0.2, 0) is 22.9 Å². The second kappa shape index (κ2) is 5.89. The molecule has 0 spiro atoms. The fourth-order valence-electron chi connectivity index (χ4n) is 2.44. The summed E-state index contributed by atoms with van der Waals surface area (Å²) in [5.74, 6) is 0.653. The van der Waals surface area contributed by atoms with E-state index in [4.69, 9.17) is 0 Å². The van der Waals surface area contributed by atoms with Gasteiger partial charge in [0.05, 0.1) is 11.5 Å². The molecule has 2 heterocycles. The summed E-state index contributed by atoms with van der Waals surface area (Å²) in [7, 11) is -2.81. The fourth-order valence-corrected chi connectivity index (χ4v) is 4.11. The third kappa shape index (κ3) is 3.85. The maximum atomic E-state index is 11.5. The van der Waals surface area contributed by atoms with E-state index in [0.717, 1.165) is 32.4 Å². The molecule has 4 nitrogen and oxygen atoms in total. The van der Waals surface area contributed by atoms with Crippen LogP contribution in [0.1, 0.15) is 31.7 Å². The topological polar surface area (TPSA) is 51.1 Å². The number of aromatic nitrogens is 1. The van der Waals surface area contributed by atoms with Crippen LogP contribution < -0.4 is 5.32 Å². The van der Waals surface area contributed by atoms with E-state index in [1.807, 2.05) is 0 Å². The van der Waals surface area contributed by atoms with Gasteiger partial charge in [-0.3, -0.25) is 0 Å². The van der Waals surface area contributed by atoms with Crippen molar-refractivity contribution in [1.82, 2.24) is 9.88 Å². The smallest absolute Gasteiger partial charge is 0.151 e. The number of rotatable bonds is 5. The van der Waals surface area contributed by atoms with Crippen molar-refractivity contribution >= 4 is 9.84 Å². The number of sulfone groups is 1. The van der Waals surface area contributed by atoms with Gasteiger partial charge < -0.3 is 9.88 Å². The highest BCUT2D eigenvalue weighted by Crippen LogP contribution is 2.13. The molecule has 1 atom stereocenters. The lowest BCUT2D eigenvalue weighted by atomic mass is 10.2. The number of aryl methyl sites for hydroxylation is 1. The Balaban J connectivity index is 1.83. The molecule has 18 heavy (non-hydrogen) atoms. The van der Waals surface area contributed by atoms with Crippen LogP contribution in [0, 0.1) is 0 Å². The van der Waals surface area contributed by atoms with E-state index in [2.05, 4.69) is 35.3 Å². The van der Waals surface area contributed by atoms with Crippen molar-refractivity contribution in [3.8, 4) is 0 Å². The van der Waals surface area contributed by atoms with Crippen molar-refractivity contribution in [2.75, 3.05) is 11.5 Å². The van der Waals surface area contributed by atoms with Crippen LogP contribution in [0.3, 0.4) is 0 Å². The molecular formula is C13H22N2O2S. The van der Waals surface area contributed by atoms with Crippen LogP contribution in [0.2, 0.25) is 0 Å². The molecule has 1 aromatic heterocycles. The molecule has 1 unspecified atom stereocenters. The summed E-state index contributed by atoms with van der Waals surface area (Å²) in [4.78, 5) is 0. The average molecular weight is 270 g/mol. The summed E-state index contributed by atoms with van der Waals surface area (Å²) in [6.07, 6.45) is 7.10. The number of nitrogens with one attached hydrogen (secondary N) is 1. The first kappa shape index (κ1) is 13.6. The van der Waals surface area contributed by atoms with E-state index < -0.39 is 9.84 Å². The van der Waals surface area contributed by atoms with Crippen molar-refractivity contribution in [3.63, 3.8) is 0 Å². The lowest BCUT2D eigenvalue weighted by Gasteiger charge is -2.22. The zero-order valence-electron chi connectivity index (χ0n) is 10.9. The highest BCUT2D eigenvalue weighted by atomic mass is 32.2. The molecule has 0 radical (unpaired) electrons. The summed E-state index contributed by atoms with van der Waals surface area (Å²) < 4.78 is 25.2. The van der Waals surface area contributed by atoms with Crippen LogP contribution in [0.5, 0.6) is 0 Å². The van der Waals surface area contributed by atoms with Crippen molar-refractivity contribution in [3.05, 3.63) is 24.0 Å². The number of nitrogens with zero attached hydrogens (tertiary/aromatic N) is 1. The van der Waals surface area contributed by atoms with Crippen molar-refractivity contribution in [2.45, 2.75) is 45.3 Å². The van der Waals surface area contributed by atoms with Gasteiger partial charge in [-0.25, -0.2) is 8.42 Å². The van der Waals surface area contributed by atoms with Gasteiger partial charge in [-0.15, -0.1) is 0 Å². The Morgan fingerprint density at radius 1 is 1.50 bits per heavy atom. The first-order valence-electron chi connectivity index (χ1n) is 6.67. The van der Waals surface area contributed by atoms with E-state index in [9.17, 15) is 8.42 Å². The largest absolute Gasteiger partial charge is 0.354 e. The first-order valence-corrected chi connectivity index (χ1v) is 8.49. The predicted molar refractivity (Wildman–Crippen MR) is 73.2 cm³/mol. The van der Waals surface area contributed by atoms with Crippen LogP contribution in [0.25, 0.3) is 0 Å². The highest BCUT2D eigenvalue weighted by Gasteiger charge is 2.24. The molecule has 0 saturated carbocycles. The van der Waals surface area contributed by atoms with E-state index in [1.54, 1.807) is 0 Å². The molecule has 1 aliphatic heterocycles. The molecule has 0 aromatic carbocycles. The summed E-state index contributed by atoms with van der Waals surface area (Å²) in [5, 5.41) is 3.36. The molecule has 1 saturated heterocycles. The minimum atomic E-state index is -2.81. The predicted octanol–water partition coefficient (Wildman–Crippen LogP) is 1.56. The molecule has 1 aromatic rings. The summed E-state index contributed by atoms with van der Waals surface area (Å²) in [6, 6.07) is 2.22. The van der Waals surface area contributed by atoms with Gasteiger partial charge in [0.1, 0.15) is 0 Å². The van der Waals surface area contributed by atoms with Crippen LogP contribution in [0.4, 0.5) is 0 Å². The standard InChI is InChI=1S/C13H22N2O2S/c1-2-6-15-7-5-12(10-15)9-14-13-4-3-8-18(16,17)11-13/h5,7,10,13-14H,2-4,6,8-9,11H2,1H3. The van der Waals surface area contributed by atoms with E-state index >= 15 is 0 Å². The van der Waals surface area contributed by atoms with Gasteiger partial charge in [-0.2, -0.15) is 0 Å². The monoisotopic (exact) mass is 270 g/mol. The van der Waals surface area contributed by atoms with Gasteiger partial charge >= 0.3 is 0 Å². The molecule has 1 fully saturated rings. The van der Waals surface area contributed by atoms with Crippen LogP contribution >= 0.6 is 0 Å². The van der Waals surface area contributed by atoms with Crippen molar-refractivity contribution in [1.29, 1.82) is 0 Å². The van der Waals surface area contributed by atoms with Crippen molar-refractivity contribution < 1.29 is 8.42 Å². The molecule has 0 bridgehead atoms. The molecule has 0 aliphatic carbocycles. The van der Waals surface area contributed by atoms with Gasteiger partial charge in [0.25, 0.3) is 0 Å². The maximum absolute atomic E-state index is 11.5. The number of hydrogen-bond donors (Lipinski definition) is 1. The second-order valence-electron chi connectivity index (χ2n) is 5.09. The maximum Gasteiger partial charge on any atom is 0.151 e. The van der Waals surface area contributed by atoms with E-state index in [1.165, 1.54) is 5.56 Å². The molecule has 5 heteroatoms. The Labute approximate surface area is 109 Å². The fraction of sp³-hybridized carbons (Fsp3) is 0.692. The SMILES string of the molecule is CCCn1ccc(CNC2CCCS(=O)(=O)C2)c1. The molecule has 102 valence electrons. The third-order valence-electron chi connectivity index (χ3n) is 3.35. The van der Waals surface area contributed by atoms with E-state index in [-0.39, 0.29) is 6.04 Å². The molecule has 2 rings (SSSR count). The average Bonchev–Trinajstić information content (AvgIpc) is 2.74. The lowest BCUT2D eigenvalue weighted by Crippen LogP contribution is -2.39. The normalized spacial score (nSPS) is 23.1. The Morgan fingerprint density at radius 3 is 3.06 bits per heavy atom. The Kier molecular flexibility index (Phi) is 4.45. The zero-order valence-corrected chi connectivity index (χ0v) is 11.7. The summed E-state index contributed by atoms with van der Waals surface area (Å²) >= 11 is 0. The summed E-state index contributed by atoms with van der Waals surface area (Å²) in [6.45, 7) is 3.96. The van der Waals surface area contributed by atoms with Gasteiger partial charge in [0.2, 0.25) is 0 Å². The molecular weight excluding hydrogens is 248 g/mol. The van der Waals surface area contributed by atoms with E-state index in [0.29, 0.717) is 11.5 Å². The minimum Gasteiger partial charge on any atom is -0.354 e. The van der Waals surface area contributed by atoms with Gasteiger partial charge in [-0.1, -0.05) is 6.92 Å². The Morgan fingerprint density at radius 2 is 2.33 bits per heavy atom. The summed E-state index contributed by atoms with van der Waals surface area (Å²) in [5.41, 5.74) is 1.23. The van der Waals surface area contributed by atoms with Gasteiger partial charge in [-0.05, 0) is 30.9 Å². The Hall–Kier alpha value is -0.810. The van der Waals surface area contributed by atoms with Crippen molar-refractivity contribution in [2.24, 2.45) is 0 Å². The zero-order chi connectivity index (χ0) is 13.0. The third-order valence-corrected chi connectivity index (χ3v) is 5.17. The number of hydrogen-bond acceptors (Lipinski definition) is 3. The molecule has 0 amide bonds. The quantitative estimate of drug-likeness (QED) is 0.883. The van der Waals surface area contributed by atoms with Gasteiger partial charge in [0.15, 0.2) is 9.84 Å². The molecule has 1 aliphatic rings. The Bertz CT molecular complexity index is 479. The van der Waals surface area contributed by atoms with Crippen LogP contribution in [0.15, 0.2) is 18.5 Å². The molecule has 1 N–H and O–H groups in total. The lowest BCUT2D eigenvalue weighted by molar-refractivity contribution is 0.480. The minimum absolute atomic E-state index is 0.123. The highest BCUT2D eigenvalue weighted by molar-refractivity contribution is 7.91. The second-order valence-corrected chi connectivity index (χ2v) is 7.32.